The molecule has 20 heavy (non-hydrogen) atoms. The molecule has 0 aliphatic carbocycles. The fourth-order valence-electron chi connectivity index (χ4n) is 1.33. The highest BCUT2D eigenvalue weighted by molar-refractivity contribution is 5.88. The summed E-state index contributed by atoms with van der Waals surface area (Å²) in [4.78, 5) is 10.7. The van der Waals surface area contributed by atoms with Crippen LogP contribution in [0.5, 0.6) is 0 Å². The maximum Gasteiger partial charge on any atom is 0.333 e. The van der Waals surface area contributed by atoms with E-state index in [9.17, 15) is 4.79 Å². The molecule has 0 aliphatic heterocycles. The van der Waals surface area contributed by atoms with Crippen molar-refractivity contribution in [1.82, 2.24) is 0 Å². The predicted octanol–water partition coefficient (Wildman–Crippen LogP) is 5.02. The fourth-order valence-corrected chi connectivity index (χ4v) is 1.33. The summed E-state index contributed by atoms with van der Waals surface area (Å²) in [5.74, 6) is -0.241. The summed E-state index contributed by atoms with van der Waals surface area (Å²) in [5.41, 5.74) is 5.79. The third-order valence-corrected chi connectivity index (χ3v) is 3.20. The predicted molar refractivity (Wildman–Crippen MR) is 86.4 cm³/mol. The molecule has 0 N–H and O–H groups in total. The molecule has 1 aromatic carbocycles. The van der Waals surface area contributed by atoms with Crippen molar-refractivity contribution in [2.24, 2.45) is 0 Å². The van der Waals surface area contributed by atoms with E-state index in [1.54, 1.807) is 6.92 Å². The number of hydrogen-bond donors (Lipinski definition) is 0. The third-order valence-electron chi connectivity index (χ3n) is 3.20. The highest BCUT2D eigenvalue weighted by Gasteiger charge is 2.02. The topological polar surface area (TPSA) is 26.3 Å². The number of methoxy groups -OCH3 is 1. The number of hydrogen-bond acceptors (Lipinski definition) is 2. The number of ether oxygens (including phenoxy) is 1. The molecule has 0 bridgehead atoms. The summed E-state index contributed by atoms with van der Waals surface area (Å²) < 4.78 is 4.48. The van der Waals surface area contributed by atoms with Gasteiger partial charge in [-0.15, -0.1) is 0 Å². The molecule has 0 saturated carbocycles. The molecule has 0 atom stereocenters. The Morgan fingerprint density at radius 1 is 0.850 bits per heavy atom. The average Bonchev–Trinajstić information content (AvgIpc) is 2.46. The molecule has 0 aromatic heterocycles. The Balaban J connectivity index is 0.000000370. The quantitative estimate of drug-likeness (QED) is 0.559. The molecule has 0 aliphatic rings. The lowest BCUT2D eigenvalue weighted by Gasteiger charge is -2.02. The molecule has 0 spiro atoms. The largest absolute Gasteiger partial charge is 0.466 e. The van der Waals surface area contributed by atoms with Crippen molar-refractivity contribution >= 4 is 11.5 Å². The molecule has 0 heterocycles. The van der Waals surface area contributed by atoms with E-state index in [0.717, 1.165) is 5.57 Å². The number of benzene rings is 1. The minimum Gasteiger partial charge on any atom is -0.466 e. The molecule has 0 amide bonds. The van der Waals surface area contributed by atoms with E-state index in [4.69, 9.17) is 0 Å². The number of carbonyl (C=O) groups is 1. The summed E-state index contributed by atoms with van der Waals surface area (Å²) >= 11 is 0. The van der Waals surface area contributed by atoms with Crippen LogP contribution in [0.1, 0.15) is 47.1 Å². The van der Waals surface area contributed by atoms with Crippen LogP contribution in [0.3, 0.4) is 0 Å². The maximum absolute atomic E-state index is 10.7. The zero-order valence-electron chi connectivity index (χ0n) is 13.7. The lowest BCUT2D eigenvalue weighted by Crippen LogP contribution is -2.02. The number of rotatable bonds is 2. The van der Waals surface area contributed by atoms with Gasteiger partial charge in [-0.3, -0.25) is 0 Å². The van der Waals surface area contributed by atoms with E-state index >= 15 is 0 Å². The zero-order chi connectivity index (χ0) is 15.7. The molecule has 0 fully saturated rings. The third kappa shape index (κ3) is 6.37. The van der Waals surface area contributed by atoms with Gasteiger partial charge in [0.2, 0.25) is 0 Å². The molecule has 1 aromatic rings. The van der Waals surface area contributed by atoms with Crippen molar-refractivity contribution in [2.75, 3.05) is 7.11 Å². The van der Waals surface area contributed by atoms with Gasteiger partial charge >= 0.3 is 5.97 Å². The first kappa shape index (κ1) is 18.2. The Morgan fingerprint density at radius 2 is 1.35 bits per heavy atom. The Morgan fingerprint density at radius 3 is 1.65 bits per heavy atom. The lowest BCUT2D eigenvalue weighted by atomic mass is 10.0. The molecular weight excluding hydrogens is 248 g/mol. The van der Waals surface area contributed by atoms with Crippen molar-refractivity contribution in [2.45, 2.75) is 41.5 Å². The van der Waals surface area contributed by atoms with Crippen molar-refractivity contribution in [3.63, 3.8) is 0 Å². The van der Waals surface area contributed by atoms with E-state index in [2.05, 4.69) is 49.8 Å². The van der Waals surface area contributed by atoms with Gasteiger partial charge in [-0.1, -0.05) is 41.5 Å². The van der Waals surface area contributed by atoms with E-state index in [1.807, 2.05) is 19.9 Å². The minimum absolute atomic E-state index is 0.241. The summed E-state index contributed by atoms with van der Waals surface area (Å²) in [6.07, 6.45) is 0. The monoisotopic (exact) mass is 274 g/mol. The summed E-state index contributed by atoms with van der Waals surface area (Å²) in [5, 5.41) is 0. The first-order valence-corrected chi connectivity index (χ1v) is 6.73. The van der Waals surface area contributed by atoms with E-state index in [-0.39, 0.29) is 5.97 Å². The van der Waals surface area contributed by atoms with Crippen molar-refractivity contribution in [3.8, 4) is 0 Å². The van der Waals surface area contributed by atoms with E-state index in [0.29, 0.717) is 5.57 Å². The first-order chi connectivity index (χ1) is 9.31. The second kappa shape index (κ2) is 9.13. The second-order valence-corrected chi connectivity index (χ2v) is 5.11. The van der Waals surface area contributed by atoms with E-state index in [1.165, 1.54) is 23.8 Å². The Hall–Kier alpha value is -1.83. The summed E-state index contributed by atoms with van der Waals surface area (Å²) in [7, 11) is 1.38. The maximum atomic E-state index is 10.7. The highest BCUT2D eigenvalue weighted by Crippen LogP contribution is 2.16. The standard InChI is InChI=1S/C11H14.C7H12O2/c1-9(2)10(3)11-7-5-4-6-8-11;1-5(2)6(3)7(8)9-4/h4-8H,1-3H3;1-4H3. The van der Waals surface area contributed by atoms with Gasteiger partial charge in [-0.2, -0.15) is 0 Å². The van der Waals surface area contributed by atoms with Crippen molar-refractivity contribution in [3.05, 3.63) is 52.6 Å². The summed E-state index contributed by atoms with van der Waals surface area (Å²) in [6, 6.07) is 10.5. The van der Waals surface area contributed by atoms with Crippen LogP contribution in [0.4, 0.5) is 0 Å². The van der Waals surface area contributed by atoms with Crippen LogP contribution in [0.25, 0.3) is 5.57 Å². The van der Waals surface area contributed by atoms with E-state index < -0.39 is 0 Å². The van der Waals surface area contributed by atoms with Gasteiger partial charge < -0.3 is 4.74 Å². The van der Waals surface area contributed by atoms with Gasteiger partial charge in [-0.25, -0.2) is 4.79 Å². The normalized spacial score (nSPS) is 8.95. The number of allylic oxidation sites excluding steroid dienone is 3. The molecular formula is C18H26O2. The number of carbonyl (C=O) groups excluding carboxylic acids is 1. The molecule has 2 heteroatoms. The SMILES string of the molecule is CC(C)=C(C)c1ccccc1.COC(=O)C(C)=C(C)C. The molecule has 0 saturated heterocycles. The van der Waals surface area contributed by atoms with Crippen LogP contribution in [-0.4, -0.2) is 13.1 Å². The highest BCUT2D eigenvalue weighted by atomic mass is 16.5. The van der Waals surface area contributed by atoms with Gasteiger partial charge in [0.05, 0.1) is 7.11 Å². The molecule has 1 rings (SSSR count). The van der Waals surface area contributed by atoms with Gasteiger partial charge in [0.15, 0.2) is 0 Å². The second-order valence-electron chi connectivity index (χ2n) is 5.11. The van der Waals surface area contributed by atoms with Gasteiger partial charge in [0, 0.05) is 5.57 Å². The van der Waals surface area contributed by atoms with Crippen molar-refractivity contribution < 1.29 is 9.53 Å². The van der Waals surface area contributed by atoms with Crippen LogP contribution >= 0.6 is 0 Å². The van der Waals surface area contributed by atoms with Crippen LogP contribution < -0.4 is 0 Å². The van der Waals surface area contributed by atoms with Crippen LogP contribution in [-0.2, 0) is 9.53 Å². The Kier molecular flexibility index (Phi) is 8.30. The van der Waals surface area contributed by atoms with Crippen LogP contribution in [0.15, 0.2) is 47.1 Å². The fraction of sp³-hybridized carbons (Fsp3) is 0.389. The molecule has 0 radical (unpaired) electrons. The number of esters is 1. The molecule has 2 nitrogen and oxygen atoms in total. The van der Waals surface area contributed by atoms with Crippen LogP contribution in [0, 0.1) is 0 Å². The Bertz CT molecular complexity index is 485. The summed E-state index contributed by atoms with van der Waals surface area (Å²) in [6.45, 7) is 12.0. The minimum atomic E-state index is -0.241. The average molecular weight is 274 g/mol. The van der Waals surface area contributed by atoms with Crippen molar-refractivity contribution in [1.29, 1.82) is 0 Å². The Labute approximate surface area is 123 Å². The smallest absolute Gasteiger partial charge is 0.333 e. The first-order valence-electron chi connectivity index (χ1n) is 6.73. The zero-order valence-corrected chi connectivity index (χ0v) is 13.7. The molecule has 110 valence electrons. The lowest BCUT2D eigenvalue weighted by molar-refractivity contribution is -0.136. The van der Waals surface area contributed by atoms with Gasteiger partial charge in [0.25, 0.3) is 0 Å². The van der Waals surface area contributed by atoms with Gasteiger partial charge in [0.1, 0.15) is 0 Å². The van der Waals surface area contributed by atoms with Crippen LogP contribution in [0.2, 0.25) is 0 Å². The van der Waals surface area contributed by atoms with Gasteiger partial charge in [-0.05, 0) is 52.7 Å². The molecule has 0 unspecified atom stereocenters.